The number of piperazine rings is 1. The minimum atomic E-state index is -3.99. The van der Waals surface area contributed by atoms with Crippen LogP contribution < -0.4 is 21.1 Å². The number of carbonyl (C=O) groups is 1. The van der Waals surface area contributed by atoms with E-state index in [0.29, 0.717) is 5.39 Å². The first-order valence-electron chi connectivity index (χ1n) is 14.3. The minimum Gasteiger partial charge on any atom is -0.369 e. The summed E-state index contributed by atoms with van der Waals surface area (Å²) in [5.41, 5.74) is 1.50. The zero-order valence-corrected chi connectivity index (χ0v) is 25.2. The largest absolute Gasteiger partial charge is 0.369 e. The predicted octanol–water partition coefficient (Wildman–Crippen LogP) is 3.27. The number of benzene rings is 2. The molecule has 1 aliphatic heterocycles. The van der Waals surface area contributed by atoms with Crippen molar-refractivity contribution in [3.63, 3.8) is 0 Å². The Labute approximate surface area is 254 Å². The molecule has 0 spiro atoms. The van der Waals surface area contributed by atoms with Crippen molar-refractivity contribution in [2.24, 2.45) is 5.92 Å². The third kappa shape index (κ3) is 5.71. The first-order chi connectivity index (χ1) is 21.2. The molecule has 0 saturated carbocycles. The molecule has 1 saturated heterocycles. The number of imidazole rings is 1. The lowest BCUT2D eigenvalue weighted by Crippen LogP contribution is -2.43. The SMILES string of the molecule is CC(C)C(=O)c1cc2cnc(Nc3ccc(N4CCNCC4)cc3)nc2n(Cc2nccn2S(=O)(=O)c2ccccc2)c1=O. The maximum atomic E-state index is 13.8. The maximum absolute atomic E-state index is 13.8. The second-order valence-corrected chi connectivity index (χ2v) is 12.6. The Hall–Kier alpha value is -4.88. The highest BCUT2D eigenvalue weighted by Gasteiger charge is 2.24. The van der Waals surface area contributed by atoms with E-state index in [0.717, 1.165) is 41.5 Å². The fraction of sp³-hybridized carbons (Fsp3) is 0.258. The summed E-state index contributed by atoms with van der Waals surface area (Å²) in [4.78, 5) is 42.6. The van der Waals surface area contributed by atoms with Crippen LogP contribution in [0.1, 0.15) is 30.0 Å². The van der Waals surface area contributed by atoms with Gasteiger partial charge < -0.3 is 15.5 Å². The Kier molecular flexibility index (Phi) is 7.97. The molecule has 5 aromatic rings. The van der Waals surface area contributed by atoms with Crippen molar-refractivity contribution in [2.75, 3.05) is 36.4 Å². The van der Waals surface area contributed by atoms with E-state index in [-0.39, 0.29) is 40.2 Å². The summed E-state index contributed by atoms with van der Waals surface area (Å²) in [5, 5.41) is 7.00. The van der Waals surface area contributed by atoms with Gasteiger partial charge in [-0.25, -0.2) is 22.4 Å². The predicted molar refractivity (Wildman–Crippen MR) is 168 cm³/mol. The van der Waals surface area contributed by atoms with E-state index < -0.39 is 21.5 Å². The second-order valence-electron chi connectivity index (χ2n) is 10.8. The minimum absolute atomic E-state index is 0.0238. The van der Waals surface area contributed by atoms with Crippen LogP contribution in [0.5, 0.6) is 0 Å². The molecule has 2 aromatic carbocycles. The average molecular weight is 613 g/mol. The molecule has 0 aliphatic carbocycles. The zero-order chi connectivity index (χ0) is 30.8. The van der Waals surface area contributed by atoms with Gasteiger partial charge in [0.2, 0.25) is 5.95 Å². The van der Waals surface area contributed by atoms with Gasteiger partial charge in [-0.1, -0.05) is 32.0 Å². The van der Waals surface area contributed by atoms with Gasteiger partial charge in [0.15, 0.2) is 5.78 Å². The molecule has 12 nitrogen and oxygen atoms in total. The van der Waals surface area contributed by atoms with Crippen molar-refractivity contribution in [1.82, 2.24) is 28.8 Å². The summed E-state index contributed by atoms with van der Waals surface area (Å²) in [7, 11) is -3.99. The first kappa shape index (κ1) is 29.2. The molecule has 13 heteroatoms. The van der Waals surface area contributed by atoms with Crippen molar-refractivity contribution in [2.45, 2.75) is 25.3 Å². The number of nitrogens with zero attached hydrogens (tertiary/aromatic N) is 6. The third-order valence-electron chi connectivity index (χ3n) is 7.50. The van der Waals surface area contributed by atoms with E-state index in [1.807, 2.05) is 24.3 Å². The van der Waals surface area contributed by atoms with Gasteiger partial charge in [-0.2, -0.15) is 4.98 Å². The highest BCUT2D eigenvalue weighted by Crippen LogP contribution is 2.23. The van der Waals surface area contributed by atoms with E-state index in [1.54, 1.807) is 38.2 Å². The third-order valence-corrected chi connectivity index (χ3v) is 9.22. The van der Waals surface area contributed by atoms with Crippen molar-refractivity contribution in [1.29, 1.82) is 0 Å². The molecule has 0 amide bonds. The standard InChI is InChI=1S/C31H32N8O4S/c1-21(2)28(40)26-18-22-19-34-31(35-23-8-10-24(11-9-23)37-15-12-32-13-16-37)36-29(22)38(30(26)41)20-27-33-14-17-39(27)44(42,43)25-6-4-3-5-7-25/h3-11,14,17-19,21,32H,12-13,15-16,20H2,1-2H3,(H,34,35,36). The van der Waals surface area contributed by atoms with Gasteiger partial charge in [-0.3, -0.25) is 14.2 Å². The van der Waals surface area contributed by atoms with Crippen LogP contribution in [0.25, 0.3) is 11.0 Å². The Morgan fingerprint density at radius 3 is 2.45 bits per heavy atom. The summed E-state index contributed by atoms with van der Waals surface area (Å²) in [6.45, 7) is 6.93. The molecule has 0 bridgehead atoms. The molecule has 44 heavy (non-hydrogen) atoms. The summed E-state index contributed by atoms with van der Waals surface area (Å²) in [6.07, 6.45) is 4.23. The van der Waals surface area contributed by atoms with Gasteiger partial charge >= 0.3 is 0 Å². The Morgan fingerprint density at radius 1 is 1.02 bits per heavy atom. The van der Waals surface area contributed by atoms with E-state index >= 15 is 0 Å². The van der Waals surface area contributed by atoms with Crippen LogP contribution in [-0.4, -0.2) is 63.9 Å². The number of nitrogens with one attached hydrogen (secondary N) is 2. The van der Waals surface area contributed by atoms with Crippen LogP contribution in [0.3, 0.4) is 0 Å². The van der Waals surface area contributed by atoms with Crippen LogP contribution in [-0.2, 0) is 16.6 Å². The van der Waals surface area contributed by atoms with Gasteiger partial charge in [0.1, 0.15) is 11.5 Å². The number of hydrogen-bond acceptors (Lipinski definition) is 10. The molecule has 2 N–H and O–H groups in total. The molecule has 1 aliphatic rings. The van der Waals surface area contributed by atoms with Crippen molar-refractivity contribution in [3.05, 3.63) is 101 Å². The molecular weight excluding hydrogens is 580 g/mol. The number of carbonyl (C=O) groups excluding carboxylic acids is 1. The number of anilines is 3. The van der Waals surface area contributed by atoms with Crippen molar-refractivity contribution < 1.29 is 13.2 Å². The van der Waals surface area contributed by atoms with Crippen molar-refractivity contribution in [3.8, 4) is 0 Å². The highest BCUT2D eigenvalue weighted by atomic mass is 32.2. The summed E-state index contributed by atoms with van der Waals surface area (Å²) < 4.78 is 29.2. The molecule has 3 aromatic heterocycles. The molecule has 0 atom stereocenters. The first-order valence-corrected chi connectivity index (χ1v) is 15.8. The molecule has 4 heterocycles. The molecule has 1 fully saturated rings. The number of fused-ring (bicyclic) bond motifs is 1. The van der Waals surface area contributed by atoms with E-state index in [9.17, 15) is 18.0 Å². The summed E-state index contributed by atoms with van der Waals surface area (Å²) in [6, 6.07) is 17.4. The number of Topliss-reactive ketones (excluding diaryl/α,β-unsaturated/α-hetero) is 1. The number of hydrogen-bond donors (Lipinski definition) is 2. The number of aromatic nitrogens is 5. The van der Waals surface area contributed by atoms with Gasteiger partial charge in [0, 0.05) is 67.4 Å². The van der Waals surface area contributed by atoms with Crippen LogP contribution in [0.2, 0.25) is 0 Å². The summed E-state index contributed by atoms with van der Waals surface area (Å²) >= 11 is 0. The fourth-order valence-electron chi connectivity index (χ4n) is 5.16. The Balaban J connectivity index is 1.39. The normalized spacial score (nSPS) is 13.8. The molecular formula is C31H32N8O4S. The van der Waals surface area contributed by atoms with Gasteiger partial charge in [-0.05, 0) is 42.5 Å². The van der Waals surface area contributed by atoms with Gasteiger partial charge in [0.25, 0.3) is 15.6 Å². The fourth-order valence-corrected chi connectivity index (χ4v) is 6.49. The van der Waals surface area contributed by atoms with E-state index in [1.165, 1.54) is 35.2 Å². The molecule has 0 radical (unpaired) electrons. The van der Waals surface area contributed by atoms with E-state index in [4.69, 9.17) is 0 Å². The molecule has 226 valence electrons. The lowest BCUT2D eigenvalue weighted by Gasteiger charge is -2.29. The monoisotopic (exact) mass is 612 g/mol. The zero-order valence-electron chi connectivity index (χ0n) is 24.3. The highest BCUT2D eigenvalue weighted by molar-refractivity contribution is 7.90. The number of pyridine rings is 1. The topological polar surface area (TPSA) is 144 Å². The Morgan fingerprint density at radius 2 is 1.75 bits per heavy atom. The molecule has 6 rings (SSSR count). The van der Waals surface area contributed by atoms with Crippen molar-refractivity contribution >= 4 is 44.2 Å². The maximum Gasteiger partial charge on any atom is 0.269 e. The van der Waals surface area contributed by atoms with Gasteiger partial charge in [-0.15, -0.1) is 0 Å². The van der Waals surface area contributed by atoms with Crippen LogP contribution in [0, 0.1) is 5.92 Å². The molecule has 0 unspecified atom stereocenters. The lowest BCUT2D eigenvalue weighted by molar-refractivity contribution is 0.0937. The quantitative estimate of drug-likeness (QED) is 0.238. The summed E-state index contributed by atoms with van der Waals surface area (Å²) in [5.74, 6) is -0.440. The van der Waals surface area contributed by atoms with E-state index in [2.05, 4.69) is 30.5 Å². The number of ketones is 1. The average Bonchev–Trinajstić information content (AvgIpc) is 3.52. The second kappa shape index (κ2) is 12.0. The van der Waals surface area contributed by atoms with Crippen LogP contribution >= 0.6 is 0 Å². The Bertz CT molecular complexity index is 1980. The van der Waals surface area contributed by atoms with Gasteiger partial charge in [0.05, 0.1) is 17.0 Å². The smallest absolute Gasteiger partial charge is 0.269 e. The lowest BCUT2D eigenvalue weighted by atomic mass is 10.0. The number of rotatable bonds is 9. The van der Waals surface area contributed by atoms with Crippen LogP contribution in [0.15, 0.2) is 88.9 Å². The van der Waals surface area contributed by atoms with Crippen LogP contribution in [0.4, 0.5) is 17.3 Å².